The van der Waals surface area contributed by atoms with Crippen LogP contribution in [0.25, 0.3) is 33.7 Å². The molecule has 0 radical (unpaired) electrons. The highest BCUT2D eigenvalue weighted by Crippen LogP contribution is 2.32. The van der Waals surface area contributed by atoms with Crippen LogP contribution in [-0.2, 0) is 0 Å². The zero-order chi connectivity index (χ0) is 15.8. The smallest absolute Gasteiger partial charge is 0.262 e. The van der Waals surface area contributed by atoms with Gasteiger partial charge in [-0.2, -0.15) is 4.98 Å². The summed E-state index contributed by atoms with van der Waals surface area (Å²) < 4.78 is 5.27. The number of pyridine rings is 1. The standard InChI is InChI=1S/C17H10ClN3O2/c18-11-5-6-14(22)13(9-11)17-20-16(21-23-17)15-12-4-2-1-3-10(12)7-8-19-15/h1-9,22H. The second-order valence-electron chi connectivity index (χ2n) is 4.97. The second-order valence-corrected chi connectivity index (χ2v) is 5.40. The summed E-state index contributed by atoms with van der Waals surface area (Å²) in [5.41, 5.74) is 1.01. The Morgan fingerprint density at radius 2 is 1.91 bits per heavy atom. The number of benzene rings is 2. The molecule has 2 heterocycles. The molecule has 0 saturated carbocycles. The number of hydrogen-bond donors (Lipinski definition) is 1. The van der Waals surface area contributed by atoms with E-state index in [2.05, 4.69) is 15.1 Å². The molecule has 5 nitrogen and oxygen atoms in total. The monoisotopic (exact) mass is 323 g/mol. The predicted molar refractivity (Wildman–Crippen MR) is 87.1 cm³/mol. The molecule has 2 aromatic heterocycles. The maximum absolute atomic E-state index is 9.94. The first-order valence-corrected chi connectivity index (χ1v) is 7.27. The van der Waals surface area contributed by atoms with Gasteiger partial charge < -0.3 is 9.63 Å². The minimum absolute atomic E-state index is 0.0236. The second kappa shape index (κ2) is 5.37. The van der Waals surface area contributed by atoms with Crippen molar-refractivity contribution in [2.45, 2.75) is 0 Å². The van der Waals surface area contributed by atoms with E-state index >= 15 is 0 Å². The lowest BCUT2D eigenvalue weighted by atomic mass is 10.1. The van der Waals surface area contributed by atoms with Crippen LogP contribution < -0.4 is 0 Å². The minimum Gasteiger partial charge on any atom is -0.507 e. The summed E-state index contributed by atoms with van der Waals surface area (Å²) in [6.07, 6.45) is 1.70. The molecule has 1 N–H and O–H groups in total. The van der Waals surface area contributed by atoms with E-state index in [-0.39, 0.29) is 11.6 Å². The summed E-state index contributed by atoms with van der Waals surface area (Å²) >= 11 is 5.96. The van der Waals surface area contributed by atoms with Crippen LogP contribution in [0.4, 0.5) is 0 Å². The lowest BCUT2D eigenvalue weighted by molar-refractivity contribution is 0.425. The number of nitrogens with zero attached hydrogens (tertiary/aromatic N) is 3. The van der Waals surface area contributed by atoms with Gasteiger partial charge in [0, 0.05) is 16.6 Å². The first kappa shape index (κ1) is 13.7. The molecular formula is C17H10ClN3O2. The minimum atomic E-state index is 0.0236. The maximum atomic E-state index is 9.94. The van der Waals surface area contributed by atoms with E-state index in [4.69, 9.17) is 16.1 Å². The molecule has 0 atom stereocenters. The molecule has 0 amide bonds. The normalized spacial score (nSPS) is 11.0. The predicted octanol–water partition coefficient (Wildman–Crippen LogP) is 4.31. The highest BCUT2D eigenvalue weighted by molar-refractivity contribution is 6.30. The summed E-state index contributed by atoms with van der Waals surface area (Å²) in [6.45, 7) is 0. The van der Waals surface area contributed by atoms with E-state index in [0.717, 1.165) is 10.8 Å². The van der Waals surface area contributed by atoms with Gasteiger partial charge in [-0.15, -0.1) is 0 Å². The molecule has 112 valence electrons. The van der Waals surface area contributed by atoms with E-state index in [1.54, 1.807) is 18.3 Å². The van der Waals surface area contributed by atoms with E-state index in [1.165, 1.54) is 6.07 Å². The Morgan fingerprint density at radius 3 is 2.83 bits per heavy atom. The molecule has 2 aromatic carbocycles. The molecular weight excluding hydrogens is 314 g/mol. The van der Waals surface area contributed by atoms with Gasteiger partial charge in [0.25, 0.3) is 5.89 Å². The Morgan fingerprint density at radius 1 is 1.04 bits per heavy atom. The third-order valence-corrected chi connectivity index (χ3v) is 3.74. The topological polar surface area (TPSA) is 72.0 Å². The largest absolute Gasteiger partial charge is 0.507 e. The van der Waals surface area contributed by atoms with Crippen molar-refractivity contribution in [3.05, 3.63) is 59.8 Å². The molecule has 0 aliphatic rings. The fourth-order valence-electron chi connectivity index (χ4n) is 2.41. The van der Waals surface area contributed by atoms with Gasteiger partial charge in [0.2, 0.25) is 5.82 Å². The van der Waals surface area contributed by atoms with Gasteiger partial charge in [-0.3, -0.25) is 4.98 Å². The van der Waals surface area contributed by atoms with Crippen molar-refractivity contribution >= 4 is 22.4 Å². The third-order valence-electron chi connectivity index (χ3n) is 3.50. The molecule has 23 heavy (non-hydrogen) atoms. The first-order valence-electron chi connectivity index (χ1n) is 6.89. The van der Waals surface area contributed by atoms with Crippen LogP contribution in [0.15, 0.2) is 59.3 Å². The summed E-state index contributed by atoms with van der Waals surface area (Å²) in [6, 6.07) is 14.4. The van der Waals surface area contributed by atoms with Crippen molar-refractivity contribution in [2.24, 2.45) is 0 Å². The van der Waals surface area contributed by atoms with Gasteiger partial charge in [-0.05, 0) is 29.7 Å². The lowest BCUT2D eigenvalue weighted by Crippen LogP contribution is -1.88. The maximum Gasteiger partial charge on any atom is 0.262 e. The molecule has 0 spiro atoms. The van der Waals surface area contributed by atoms with Crippen molar-refractivity contribution in [2.75, 3.05) is 0 Å². The van der Waals surface area contributed by atoms with Gasteiger partial charge in [-0.25, -0.2) is 0 Å². The Bertz CT molecular complexity index is 1010. The molecule has 4 aromatic rings. The fourth-order valence-corrected chi connectivity index (χ4v) is 2.58. The molecule has 0 saturated heterocycles. The Balaban J connectivity index is 1.86. The van der Waals surface area contributed by atoms with Crippen molar-refractivity contribution < 1.29 is 9.63 Å². The van der Waals surface area contributed by atoms with Crippen molar-refractivity contribution in [3.63, 3.8) is 0 Å². The van der Waals surface area contributed by atoms with Crippen LogP contribution in [-0.4, -0.2) is 20.2 Å². The molecule has 0 aliphatic heterocycles. The highest BCUT2D eigenvalue weighted by Gasteiger charge is 2.16. The van der Waals surface area contributed by atoms with Crippen LogP contribution in [0.5, 0.6) is 5.75 Å². The highest BCUT2D eigenvalue weighted by atomic mass is 35.5. The van der Waals surface area contributed by atoms with Gasteiger partial charge in [0.15, 0.2) is 0 Å². The molecule has 0 fully saturated rings. The van der Waals surface area contributed by atoms with Crippen molar-refractivity contribution in [1.82, 2.24) is 15.1 Å². The van der Waals surface area contributed by atoms with Crippen LogP contribution in [0, 0.1) is 0 Å². The number of aromatic nitrogens is 3. The third kappa shape index (κ3) is 2.41. The Labute approximate surface area is 136 Å². The number of aromatic hydroxyl groups is 1. The molecule has 0 unspecified atom stereocenters. The molecule has 4 rings (SSSR count). The quantitative estimate of drug-likeness (QED) is 0.595. The number of phenolic OH excluding ortho intramolecular Hbond substituents is 1. The van der Waals surface area contributed by atoms with Crippen LogP contribution >= 0.6 is 11.6 Å². The fraction of sp³-hybridized carbons (Fsp3) is 0. The molecule has 0 bridgehead atoms. The number of rotatable bonds is 2. The van der Waals surface area contributed by atoms with Crippen molar-refractivity contribution in [1.29, 1.82) is 0 Å². The van der Waals surface area contributed by atoms with Gasteiger partial charge >= 0.3 is 0 Å². The van der Waals surface area contributed by atoms with Crippen LogP contribution in [0.1, 0.15) is 0 Å². The number of hydrogen-bond acceptors (Lipinski definition) is 5. The summed E-state index contributed by atoms with van der Waals surface area (Å²) in [4.78, 5) is 8.69. The summed E-state index contributed by atoms with van der Waals surface area (Å²) in [7, 11) is 0. The van der Waals surface area contributed by atoms with Gasteiger partial charge in [0.05, 0.1) is 5.56 Å². The van der Waals surface area contributed by atoms with E-state index in [9.17, 15) is 5.11 Å². The Kier molecular flexibility index (Phi) is 3.20. The molecule has 6 heteroatoms. The average molecular weight is 324 g/mol. The van der Waals surface area contributed by atoms with Gasteiger partial charge in [-0.1, -0.05) is 41.0 Å². The van der Waals surface area contributed by atoms with Gasteiger partial charge in [0.1, 0.15) is 11.4 Å². The van der Waals surface area contributed by atoms with E-state index in [1.807, 2.05) is 30.3 Å². The SMILES string of the molecule is Oc1ccc(Cl)cc1-c1nc(-c2nccc3ccccc23)no1. The first-order chi connectivity index (χ1) is 11.2. The number of halogens is 1. The summed E-state index contributed by atoms with van der Waals surface area (Å²) in [5.74, 6) is 0.571. The average Bonchev–Trinajstić information content (AvgIpc) is 3.06. The zero-order valence-electron chi connectivity index (χ0n) is 11.8. The number of fused-ring (bicyclic) bond motifs is 1. The summed E-state index contributed by atoms with van der Waals surface area (Å²) in [5, 5.41) is 16.4. The number of phenols is 1. The van der Waals surface area contributed by atoms with E-state index < -0.39 is 0 Å². The zero-order valence-corrected chi connectivity index (χ0v) is 12.5. The van der Waals surface area contributed by atoms with Crippen LogP contribution in [0.2, 0.25) is 5.02 Å². The van der Waals surface area contributed by atoms with Crippen molar-refractivity contribution in [3.8, 4) is 28.7 Å². The van der Waals surface area contributed by atoms with Crippen LogP contribution in [0.3, 0.4) is 0 Å². The lowest BCUT2D eigenvalue weighted by Gasteiger charge is -2.01. The molecule has 0 aliphatic carbocycles. The van der Waals surface area contributed by atoms with E-state index in [0.29, 0.717) is 22.1 Å². The Hall–Kier alpha value is -2.92.